The third-order valence-corrected chi connectivity index (χ3v) is 5.50. The van der Waals surface area contributed by atoms with Crippen molar-refractivity contribution in [3.05, 3.63) is 58.6 Å². The standard InChI is InChI=1S/C22H24FN3O3S/c1-14(2)10-11-26-21(28)16-6-4-5-7-18(16)25-22(26)30-13-20(27)24-15-8-9-19(29-3)17(23)12-15/h4-9,12,14H,10-11,13H2,1-3H3,(H,24,27). The minimum atomic E-state index is -0.554. The van der Waals surface area contributed by atoms with Gasteiger partial charge in [-0.05, 0) is 36.6 Å². The molecule has 1 amide bonds. The highest BCUT2D eigenvalue weighted by Crippen LogP contribution is 2.22. The number of aromatic nitrogens is 2. The fourth-order valence-corrected chi connectivity index (χ4v) is 3.74. The second-order valence-electron chi connectivity index (χ2n) is 7.24. The van der Waals surface area contributed by atoms with Crippen LogP contribution in [0.3, 0.4) is 0 Å². The summed E-state index contributed by atoms with van der Waals surface area (Å²) in [6, 6.07) is 11.4. The number of amides is 1. The molecule has 0 unspecified atom stereocenters. The Morgan fingerprint density at radius 1 is 1.27 bits per heavy atom. The maximum atomic E-state index is 13.8. The largest absolute Gasteiger partial charge is 0.494 e. The van der Waals surface area contributed by atoms with Crippen LogP contribution in [-0.4, -0.2) is 28.3 Å². The van der Waals surface area contributed by atoms with E-state index in [0.29, 0.717) is 34.2 Å². The van der Waals surface area contributed by atoms with E-state index in [4.69, 9.17) is 4.74 Å². The summed E-state index contributed by atoms with van der Waals surface area (Å²) >= 11 is 1.19. The topological polar surface area (TPSA) is 73.2 Å². The Morgan fingerprint density at radius 2 is 2.03 bits per heavy atom. The minimum absolute atomic E-state index is 0.0418. The van der Waals surface area contributed by atoms with Crippen molar-refractivity contribution in [1.82, 2.24) is 9.55 Å². The zero-order valence-electron chi connectivity index (χ0n) is 17.1. The average Bonchev–Trinajstić information content (AvgIpc) is 2.72. The number of hydrogen-bond acceptors (Lipinski definition) is 5. The first kappa shape index (κ1) is 21.8. The predicted molar refractivity (Wildman–Crippen MR) is 118 cm³/mol. The number of halogens is 1. The molecule has 30 heavy (non-hydrogen) atoms. The molecule has 8 heteroatoms. The maximum Gasteiger partial charge on any atom is 0.262 e. The zero-order chi connectivity index (χ0) is 21.7. The number of ether oxygens (including phenoxy) is 1. The van der Waals surface area contributed by atoms with Crippen molar-refractivity contribution in [1.29, 1.82) is 0 Å². The summed E-state index contributed by atoms with van der Waals surface area (Å²) in [5.74, 6) is -0.296. The second kappa shape index (κ2) is 9.75. The Morgan fingerprint density at radius 3 is 2.73 bits per heavy atom. The quantitative estimate of drug-likeness (QED) is 0.426. The van der Waals surface area contributed by atoms with Crippen LogP contribution < -0.4 is 15.6 Å². The third-order valence-electron chi connectivity index (χ3n) is 4.52. The molecule has 158 valence electrons. The van der Waals surface area contributed by atoms with Gasteiger partial charge in [0.2, 0.25) is 5.91 Å². The number of rotatable bonds is 8. The minimum Gasteiger partial charge on any atom is -0.494 e. The van der Waals surface area contributed by atoms with Crippen LogP contribution >= 0.6 is 11.8 Å². The first-order chi connectivity index (χ1) is 14.4. The first-order valence-electron chi connectivity index (χ1n) is 9.64. The number of benzene rings is 2. The summed E-state index contributed by atoms with van der Waals surface area (Å²) in [4.78, 5) is 29.9. The van der Waals surface area contributed by atoms with E-state index in [-0.39, 0.29) is 23.0 Å². The lowest BCUT2D eigenvalue weighted by atomic mass is 10.1. The molecule has 0 radical (unpaired) electrons. The lowest BCUT2D eigenvalue weighted by Crippen LogP contribution is -2.25. The van der Waals surface area contributed by atoms with E-state index in [0.717, 1.165) is 6.42 Å². The van der Waals surface area contributed by atoms with Gasteiger partial charge in [0, 0.05) is 18.3 Å². The van der Waals surface area contributed by atoms with Crippen molar-refractivity contribution in [3.63, 3.8) is 0 Å². The number of carbonyl (C=O) groups is 1. The SMILES string of the molecule is COc1ccc(NC(=O)CSc2nc3ccccc3c(=O)n2CCC(C)C)cc1F. The van der Waals surface area contributed by atoms with Gasteiger partial charge in [-0.15, -0.1) is 0 Å². The van der Waals surface area contributed by atoms with Crippen molar-refractivity contribution in [2.24, 2.45) is 5.92 Å². The van der Waals surface area contributed by atoms with E-state index in [1.54, 1.807) is 22.8 Å². The summed E-state index contributed by atoms with van der Waals surface area (Å²) < 4.78 is 20.3. The number of nitrogens with zero attached hydrogens (tertiary/aromatic N) is 2. The molecule has 6 nitrogen and oxygen atoms in total. The number of nitrogens with one attached hydrogen (secondary N) is 1. The van der Waals surface area contributed by atoms with E-state index in [9.17, 15) is 14.0 Å². The fourth-order valence-electron chi connectivity index (χ4n) is 2.91. The molecule has 0 aliphatic heterocycles. The summed E-state index contributed by atoms with van der Waals surface area (Å²) in [6.07, 6.45) is 0.824. The van der Waals surface area contributed by atoms with E-state index in [1.807, 2.05) is 12.1 Å². The van der Waals surface area contributed by atoms with Gasteiger partial charge in [0.25, 0.3) is 5.56 Å². The number of methoxy groups -OCH3 is 1. The Balaban J connectivity index is 1.78. The van der Waals surface area contributed by atoms with Gasteiger partial charge in [0.1, 0.15) is 0 Å². The van der Waals surface area contributed by atoms with Gasteiger partial charge in [0.05, 0.1) is 23.8 Å². The molecule has 0 fully saturated rings. The molecule has 1 heterocycles. The van der Waals surface area contributed by atoms with Gasteiger partial charge in [-0.2, -0.15) is 0 Å². The van der Waals surface area contributed by atoms with Crippen molar-refractivity contribution in [3.8, 4) is 5.75 Å². The molecule has 3 rings (SSSR count). The highest BCUT2D eigenvalue weighted by Gasteiger charge is 2.14. The molecule has 0 aliphatic carbocycles. The van der Waals surface area contributed by atoms with Crippen LogP contribution in [0.5, 0.6) is 5.75 Å². The molecule has 1 aromatic heterocycles. The summed E-state index contributed by atoms with van der Waals surface area (Å²) in [7, 11) is 1.38. The molecular weight excluding hydrogens is 405 g/mol. The van der Waals surface area contributed by atoms with E-state index in [2.05, 4.69) is 24.1 Å². The molecule has 0 saturated carbocycles. The molecule has 3 aromatic rings. The summed E-state index contributed by atoms with van der Waals surface area (Å²) in [5, 5.41) is 3.71. The zero-order valence-corrected chi connectivity index (χ0v) is 18.0. The van der Waals surface area contributed by atoms with Gasteiger partial charge in [0.15, 0.2) is 16.7 Å². The highest BCUT2D eigenvalue weighted by atomic mass is 32.2. The van der Waals surface area contributed by atoms with E-state index in [1.165, 1.54) is 31.0 Å². The number of thioether (sulfide) groups is 1. The van der Waals surface area contributed by atoms with Crippen molar-refractivity contribution in [2.75, 3.05) is 18.2 Å². The highest BCUT2D eigenvalue weighted by molar-refractivity contribution is 7.99. The van der Waals surface area contributed by atoms with E-state index < -0.39 is 5.82 Å². The maximum absolute atomic E-state index is 13.8. The molecule has 0 bridgehead atoms. The molecule has 0 aliphatic rings. The Kier molecular flexibility index (Phi) is 7.10. The normalized spacial score (nSPS) is 11.1. The molecule has 0 spiro atoms. The lowest BCUT2D eigenvalue weighted by Gasteiger charge is -2.14. The number of anilines is 1. The van der Waals surface area contributed by atoms with Crippen LogP contribution in [0, 0.1) is 11.7 Å². The monoisotopic (exact) mass is 429 g/mol. The third kappa shape index (κ3) is 5.18. The summed E-state index contributed by atoms with van der Waals surface area (Å²) in [6.45, 7) is 4.71. The van der Waals surface area contributed by atoms with Crippen molar-refractivity contribution >= 4 is 34.3 Å². The van der Waals surface area contributed by atoms with Crippen LogP contribution in [-0.2, 0) is 11.3 Å². The fraction of sp³-hybridized carbons (Fsp3) is 0.318. The Hall–Kier alpha value is -2.87. The van der Waals surface area contributed by atoms with Crippen molar-refractivity contribution in [2.45, 2.75) is 32.0 Å². The van der Waals surface area contributed by atoms with Crippen molar-refractivity contribution < 1.29 is 13.9 Å². The summed E-state index contributed by atoms with van der Waals surface area (Å²) in [5.41, 5.74) is 0.826. The molecule has 0 atom stereocenters. The molecule has 2 aromatic carbocycles. The van der Waals surface area contributed by atoms with Gasteiger partial charge < -0.3 is 10.1 Å². The van der Waals surface area contributed by atoms with E-state index >= 15 is 0 Å². The van der Waals surface area contributed by atoms with Crippen LogP contribution in [0.1, 0.15) is 20.3 Å². The van der Waals surface area contributed by atoms with Crippen LogP contribution in [0.4, 0.5) is 10.1 Å². The lowest BCUT2D eigenvalue weighted by molar-refractivity contribution is -0.113. The van der Waals surface area contributed by atoms with Gasteiger partial charge in [-0.1, -0.05) is 37.7 Å². The van der Waals surface area contributed by atoms with Gasteiger partial charge in [-0.25, -0.2) is 9.37 Å². The Bertz CT molecular complexity index is 1110. The first-order valence-corrected chi connectivity index (χ1v) is 10.6. The van der Waals surface area contributed by atoms with Gasteiger partial charge in [-0.3, -0.25) is 14.2 Å². The number of fused-ring (bicyclic) bond motifs is 1. The Labute approximate surface area is 178 Å². The predicted octanol–water partition coefficient (Wildman–Crippen LogP) is 4.32. The second-order valence-corrected chi connectivity index (χ2v) is 8.18. The van der Waals surface area contributed by atoms with Crippen LogP contribution in [0.2, 0.25) is 0 Å². The number of para-hydroxylation sites is 1. The smallest absolute Gasteiger partial charge is 0.262 e. The van der Waals surface area contributed by atoms with Crippen LogP contribution in [0.25, 0.3) is 10.9 Å². The van der Waals surface area contributed by atoms with Gasteiger partial charge >= 0.3 is 0 Å². The molecular formula is C22H24FN3O3S. The average molecular weight is 430 g/mol. The number of hydrogen-bond donors (Lipinski definition) is 1. The van der Waals surface area contributed by atoms with Crippen LogP contribution in [0.15, 0.2) is 52.4 Å². The molecule has 0 saturated heterocycles. The molecule has 1 N–H and O–H groups in total. The number of carbonyl (C=O) groups excluding carboxylic acids is 1.